The van der Waals surface area contributed by atoms with Crippen molar-refractivity contribution in [1.29, 1.82) is 0 Å². The number of aromatic nitrogens is 1. The minimum atomic E-state index is 0.242. The van der Waals surface area contributed by atoms with Gasteiger partial charge in [0, 0.05) is 25.2 Å². The molecule has 0 aliphatic rings. The van der Waals surface area contributed by atoms with Crippen LogP contribution in [0.25, 0.3) is 0 Å². The fourth-order valence-corrected chi connectivity index (χ4v) is 1.10. The van der Waals surface area contributed by atoms with E-state index in [9.17, 15) is 4.79 Å². The highest BCUT2D eigenvalue weighted by atomic mass is 16.1. The second-order valence-corrected chi connectivity index (χ2v) is 2.89. The smallest absolute Gasteiger partial charge is 0.136 e. The summed E-state index contributed by atoms with van der Waals surface area (Å²) < 4.78 is 0. The molecule has 0 radical (unpaired) electrons. The molecule has 1 rings (SSSR count). The number of nitrogens with zero attached hydrogens (tertiary/aromatic N) is 1. The molecule has 0 spiro atoms. The summed E-state index contributed by atoms with van der Waals surface area (Å²) in [5, 5.41) is 0. The first-order chi connectivity index (χ1) is 6.33. The van der Waals surface area contributed by atoms with Gasteiger partial charge in [0.15, 0.2) is 0 Å². The first-order valence-corrected chi connectivity index (χ1v) is 4.34. The molecule has 0 atom stereocenters. The van der Waals surface area contributed by atoms with Crippen LogP contribution in [-0.4, -0.2) is 10.8 Å². The van der Waals surface area contributed by atoms with E-state index < -0.39 is 0 Å². The Morgan fingerprint density at radius 1 is 1.46 bits per heavy atom. The number of rotatable bonds is 5. The molecule has 0 unspecified atom stereocenters. The van der Waals surface area contributed by atoms with Crippen molar-refractivity contribution in [3.8, 4) is 0 Å². The molecule has 0 aliphatic heterocycles. The predicted molar refractivity (Wildman–Crippen MR) is 52.4 cm³/mol. The number of allylic oxidation sites excluding steroid dienone is 1. The number of ketones is 1. The summed E-state index contributed by atoms with van der Waals surface area (Å²) in [6.07, 6.45) is 7.01. The zero-order valence-corrected chi connectivity index (χ0v) is 7.57. The largest absolute Gasteiger partial charge is 0.299 e. The van der Waals surface area contributed by atoms with Crippen molar-refractivity contribution in [2.75, 3.05) is 0 Å². The monoisotopic (exact) mass is 175 g/mol. The molecule has 0 bridgehead atoms. The average Bonchev–Trinajstić information content (AvgIpc) is 2.17. The van der Waals surface area contributed by atoms with Crippen LogP contribution in [0.2, 0.25) is 0 Å². The first kappa shape index (κ1) is 9.65. The van der Waals surface area contributed by atoms with E-state index in [1.807, 2.05) is 12.1 Å². The number of Topliss-reactive ketones (excluding diaryl/α,β-unsaturated/α-hetero) is 1. The normalized spacial score (nSPS) is 9.54. The van der Waals surface area contributed by atoms with Gasteiger partial charge in [0.05, 0.1) is 0 Å². The summed E-state index contributed by atoms with van der Waals surface area (Å²) in [5.41, 5.74) is 1.16. The lowest BCUT2D eigenvalue weighted by atomic mass is 10.1. The van der Waals surface area contributed by atoms with Crippen LogP contribution < -0.4 is 0 Å². The molecule has 0 fully saturated rings. The molecule has 0 aromatic carbocycles. The second kappa shape index (κ2) is 5.25. The van der Waals surface area contributed by atoms with Crippen LogP contribution in [0.15, 0.2) is 37.2 Å². The summed E-state index contributed by atoms with van der Waals surface area (Å²) in [6.45, 7) is 3.52. The Morgan fingerprint density at radius 2 is 2.15 bits per heavy atom. The van der Waals surface area contributed by atoms with Gasteiger partial charge in [-0.3, -0.25) is 9.78 Å². The summed E-state index contributed by atoms with van der Waals surface area (Å²) in [7, 11) is 0. The van der Waals surface area contributed by atoms with Crippen molar-refractivity contribution in [3.05, 3.63) is 42.7 Å². The lowest BCUT2D eigenvalue weighted by Gasteiger charge is -1.98. The number of hydrogen-bond donors (Lipinski definition) is 0. The van der Waals surface area contributed by atoms with Crippen LogP contribution in [0, 0.1) is 0 Å². The van der Waals surface area contributed by atoms with Crippen LogP contribution in [0.1, 0.15) is 18.4 Å². The van der Waals surface area contributed by atoms with Crippen LogP contribution in [0.3, 0.4) is 0 Å². The van der Waals surface area contributed by atoms with E-state index in [4.69, 9.17) is 0 Å². The van der Waals surface area contributed by atoms with Gasteiger partial charge in [0.25, 0.3) is 0 Å². The standard InChI is InChI=1S/C11H13NO/c1-2-3-11(13)5-4-10-6-8-12-9-7-10/h2,6-9H,1,3-5H2. The molecule has 13 heavy (non-hydrogen) atoms. The molecule has 1 aromatic rings. The summed E-state index contributed by atoms with van der Waals surface area (Å²) in [5.74, 6) is 0.242. The lowest BCUT2D eigenvalue weighted by molar-refractivity contribution is -0.118. The van der Waals surface area contributed by atoms with Gasteiger partial charge >= 0.3 is 0 Å². The van der Waals surface area contributed by atoms with Gasteiger partial charge in [-0.05, 0) is 24.1 Å². The maximum absolute atomic E-state index is 11.1. The maximum Gasteiger partial charge on any atom is 0.136 e. The predicted octanol–water partition coefficient (Wildman–Crippen LogP) is 2.16. The molecule has 1 aromatic heterocycles. The van der Waals surface area contributed by atoms with E-state index >= 15 is 0 Å². The van der Waals surface area contributed by atoms with Gasteiger partial charge in [-0.1, -0.05) is 6.08 Å². The molecule has 0 N–H and O–H groups in total. The van der Waals surface area contributed by atoms with E-state index in [0.29, 0.717) is 12.8 Å². The molecule has 2 nitrogen and oxygen atoms in total. The van der Waals surface area contributed by atoms with Gasteiger partial charge in [-0.15, -0.1) is 6.58 Å². The zero-order chi connectivity index (χ0) is 9.52. The Balaban J connectivity index is 2.35. The average molecular weight is 175 g/mol. The van der Waals surface area contributed by atoms with Crippen LogP contribution in [0.5, 0.6) is 0 Å². The van der Waals surface area contributed by atoms with Crippen molar-refractivity contribution in [3.63, 3.8) is 0 Å². The first-order valence-electron chi connectivity index (χ1n) is 4.34. The Morgan fingerprint density at radius 3 is 2.77 bits per heavy atom. The minimum Gasteiger partial charge on any atom is -0.299 e. The summed E-state index contributed by atoms with van der Waals surface area (Å²) >= 11 is 0. The fourth-order valence-electron chi connectivity index (χ4n) is 1.10. The number of carbonyl (C=O) groups is 1. The van der Waals surface area contributed by atoms with Crippen molar-refractivity contribution in [1.82, 2.24) is 4.98 Å². The van der Waals surface area contributed by atoms with Crippen LogP contribution in [0.4, 0.5) is 0 Å². The molecule has 1 heterocycles. The highest BCUT2D eigenvalue weighted by molar-refractivity contribution is 5.79. The molecule has 68 valence electrons. The van der Waals surface area contributed by atoms with Crippen molar-refractivity contribution >= 4 is 5.78 Å². The Bertz CT molecular complexity index is 279. The lowest BCUT2D eigenvalue weighted by Crippen LogP contribution is -1.98. The van der Waals surface area contributed by atoms with Crippen molar-refractivity contribution in [2.24, 2.45) is 0 Å². The minimum absolute atomic E-state index is 0.242. The van der Waals surface area contributed by atoms with Gasteiger partial charge in [0.2, 0.25) is 0 Å². The summed E-state index contributed by atoms with van der Waals surface area (Å²) in [4.78, 5) is 15.0. The van der Waals surface area contributed by atoms with E-state index in [-0.39, 0.29) is 5.78 Å². The second-order valence-electron chi connectivity index (χ2n) is 2.89. The molecule has 0 saturated carbocycles. The van der Waals surface area contributed by atoms with Gasteiger partial charge in [-0.25, -0.2) is 0 Å². The SMILES string of the molecule is C=CCC(=O)CCc1ccncc1. The van der Waals surface area contributed by atoms with Crippen molar-refractivity contribution < 1.29 is 4.79 Å². The Hall–Kier alpha value is -1.44. The highest BCUT2D eigenvalue weighted by Gasteiger charge is 1.99. The molecule has 0 amide bonds. The number of aryl methyl sites for hydroxylation is 1. The van der Waals surface area contributed by atoms with Crippen molar-refractivity contribution in [2.45, 2.75) is 19.3 Å². The van der Waals surface area contributed by atoms with Gasteiger partial charge in [0.1, 0.15) is 5.78 Å². The zero-order valence-electron chi connectivity index (χ0n) is 7.57. The fraction of sp³-hybridized carbons (Fsp3) is 0.273. The Kier molecular flexibility index (Phi) is 3.89. The molecular weight excluding hydrogens is 162 g/mol. The van der Waals surface area contributed by atoms with E-state index in [1.54, 1.807) is 18.5 Å². The van der Waals surface area contributed by atoms with E-state index in [1.165, 1.54) is 0 Å². The number of pyridine rings is 1. The van der Waals surface area contributed by atoms with Gasteiger partial charge < -0.3 is 0 Å². The molecule has 0 aliphatic carbocycles. The number of hydrogen-bond acceptors (Lipinski definition) is 2. The van der Waals surface area contributed by atoms with E-state index in [2.05, 4.69) is 11.6 Å². The third kappa shape index (κ3) is 3.65. The van der Waals surface area contributed by atoms with E-state index in [0.717, 1.165) is 12.0 Å². The van der Waals surface area contributed by atoms with Gasteiger partial charge in [-0.2, -0.15) is 0 Å². The third-order valence-electron chi connectivity index (χ3n) is 1.81. The molecular formula is C11H13NO. The van der Waals surface area contributed by atoms with Crippen LogP contribution in [-0.2, 0) is 11.2 Å². The Labute approximate surface area is 78.3 Å². The molecule has 2 heteroatoms. The topological polar surface area (TPSA) is 30.0 Å². The number of carbonyl (C=O) groups excluding carboxylic acids is 1. The summed E-state index contributed by atoms with van der Waals surface area (Å²) in [6, 6.07) is 3.86. The molecule has 0 saturated heterocycles. The quantitative estimate of drug-likeness (QED) is 0.642. The maximum atomic E-state index is 11.1. The van der Waals surface area contributed by atoms with Crippen LogP contribution >= 0.6 is 0 Å². The highest BCUT2D eigenvalue weighted by Crippen LogP contribution is 2.02. The third-order valence-corrected chi connectivity index (χ3v) is 1.81.